The molecule has 1 aromatic carbocycles. The Labute approximate surface area is 131 Å². The number of hydrogen-bond acceptors (Lipinski definition) is 4. The largest absolute Gasteiger partial charge is 0.307 e. The summed E-state index contributed by atoms with van der Waals surface area (Å²) in [6, 6.07) is 8.45. The smallest absolute Gasteiger partial charge is 0.290 e. The SMILES string of the molecule is Cc1cc(NC(=O)/C=C/c2ccc(Cl)cc2)ncc1[N+](=O)[O-]. The monoisotopic (exact) mass is 317 g/mol. The number of rotatable bonds is 4. The number of amides is 1. The van der Waals surface area contributed by atoms with Crippen LogP contribution in [0.25, 0.3) is 6.08 Å². The molecule has 2 aromatic rings. The highest BCUT2D eigenvalue weighted by molar-refractivity contribution is 6.30. The van der Waals surface area contributed by atoms with E-state index in [1.165, 1.54) is 12.1 Å². The summed E-state index contributed by atoms with van der Waals surface area (Å²) in [5.74, 6) is -0.121. The highest BCUT2D eigenvalue weighted by Crippen LogP contribution is 2.18. The quantitative estimate of drug-likeness (QED) is 0.530. The summed E-state index contributed by atoms with van der Waals surface area (Å²) in [7, 11) is 0. The van der Waals surface area contributed by atoms with Crippen LogP contribution in [0.4, 0.5) is 11.5 Å². The molecule has 0 saturated carbocycles. The first kappa shape index (κ1) is 15.7. The zero-order valence-electron chi connectivity index (χ0n) is 11.6. The van der Waals surface area contributed by atoms with Gasteiger partial charge in [0.15, 0.2) is 0 Å². The van der Waals surface area contributed by atoms with E-state index < -0.39 is 4.92 Å². The van der Waals surface area contributed by atoms with E-state index in [0.717, 1.165) is 11.8 Å². The van der Waals surface area contributed by atoms with Crippen LogP contribution in [0.2, 0.25) is 5.02 Å². The van der Waals surface area contributed by atoms with Gasteiger partial charge in [0.25, 0.3) is 5.69 Å². The number of nitrogens with zero attached hydrogens (tertiary/aromatic N) is 2. The average molecular weight is 318 g/mol. The van der Waals surface area contributed by atoms with Crippen LogP contribution in [0, 0.1) is 17.0 Å². The maximum Gasteiger partial charge on any atom is 0.290 e. The number of aryl methyl sites for hydroxylation is 1. The minimum atomic E-state index is -0.519. The number of anilines is 1. The molecule has 0 bridgehead atoms. The summed E-state index contributed by atoms with van der Waals surface area (Å²) in [5, 5.41) is 13.9. The molecule has 0 spiro atoms. The molecule has 0 aliphatic rings. The van der Waals surface area contributed by atoms with E-state index in [9.17, 15) is 14.9 Å². The molecule has 0 unspecified atom stereocenters. The van der Waals surface area contributed by atoms with Crippen LogP contribution < -0.4 is 5.32 Å². The van der Waals surface area contributed by atoms with Crippen molar-refractivity contribution in [2.24, 2.45) is 0 Å². The van der Waals surface area contributed by atoms with Crippen molar-refractivity contribution in [1.29, 1.82) is 0 Å². The summed E-state index contributed by atoms with van der Waals surface area (Å²) in [4.78, 5) is 25.8. The zero-order valence-corrected chi connectivity index (χ0v) is 12.4. The predicted octanol–water partition coefficient (Wildman–Crippen LogP) is 3.60. The van der Waals surface area contributed by atoms with Crippen LogP contribution in [0.15, 0.2) is 42.6 Å². The molecule has 1 amide bonds. The number of aromatic nitrogens is 1. The molecule has 1 aromatic heterocycles. The number of hydrogen-bond donors (Lipinski definition) is 1. The van der Waals surface area contributed by atoms with E-state index in [0.29, 0.717) is 10.6 Å². The topological polar surface area (TPSA) is 85.1 Å². The lowest BCUT2D eigenvalue weighted by Crippen LogP contribution is -2.09. The maximum absolute atomic E-state index is 11.8. The molecule has 0 aliphatic carbocycles. The summed E-state index contributed by atoms with van der Waals surface area (Å²) >= 11 is 5.77. The number of benzene rings is 1. The summed E-state index contributed by atoms with van der Waals surface area (Å²) in [5.41, 5.74) is 1.17. The van der Waals surface area contributed by atoms with Gasteiger partial charge in [0.05, 0.1) is 4.92 Å². The van der Waals surface area contributed by atoms with E-state index in [2.05, 4.69) is 10.3 Å². The van der Waals surface area contributed by atoms with Gasteiger partial charge in [-0.3, -0.25) is 14.9 Å². The first-order chi connectivity index (χ1) is 10.5. The molecule has 0 radical (unpaired) electrons. The molecule has 6 nitrogen and oxygen atoms in total. The number of nitrogens with one attached hydrogen (secondary N) is 1. The number of carbonyl (C=O) groups is 1. The van der Waals surface area contributed by atoms with E-state index in [1.807, 2.05) is 0 Å². The van der Waals surface area contributed by atoms with E-state index in [4.69, 9.17) is 11.6 Å². The first-order valence-electron chi connectivity index (χ1n) is 6.31. The second-order valence-corrected chi connectivity index (χ2v) is 4.92. The fourth-order valence-electron chi connectivity index (χ4n) is 1.72. The second-order valence-electron chi connectivity index (χ2n) is 4.49. The van der Waals surface area contributed by atoms with E-state index in [-0.39, 0.29) is 17.4 Å². The van der Waals surface area contributed by atoms with Gasteiger partial charge in [0.2, 0.25) is 5.91 Å². The summed E-state index contributed by atoms with van der Waals surface area (Å²) < 4.78 is 0. The molecule has 112 valence electrons. The van der Waals surface area contributed by atoms with Gasteiger partial charge in [0.1, 0.15) is 12.0 Å². The van der Waals surface area contributed by atoms with Crippen molar-refractivity contribution in [1.82, 2.24) is 4.98 Å². The van der Waals surface area contributed by atoms with Gasteiger partial charge in [-0.15, -0.1) is 0 Å². The third-order valence-electron chi connectivity index (χ3n) is 2.83. The van der Waals surface area contributed by atoms with Crippen molar-refractivity contribution in [2.45, 2.75) is 6.92 Å². The van der Waals surface area contributed by atoms with Crippen LogP contribution in [0.5, 0.6) is 0 Å². The maximum atomic E-state index is 11.8. The highest BCUT2D eigenvalue weighted by atomic mass is 35.5. The molecule has 7 heteroatoms. The summed E-state index contributed by atoms with van der Waals surface area (Å²) in [6.07, 6.45) is 4.10. The molecule has 22 heavy (non-hydrogen) atoms. The van der Waals surface area contributed by atoms with Gasteiger partial charge in [-0.2, -0.15) is 0 Å². The van der Waals surface area contributed by atoms with Crippen LogP contribution >= 0.6 is 11.6 Å². The molecule has 2 rings (SSSR count). The van der Waals surface area contributed by atoms with Crippen molar-refractivity contribution in [3.05, 3.63) is 68.9 Å². The Balaban J connectivity index is 2.04. The van der Waals surface area contributed by atoms with Crippen LogP contribution in [0.1, 0.15) is 11.1 Å². The molecular weight excluding hydrogens is 306 g/mol. The first-order valence-corrected chi connectivity index (χ1v) is 6.69. The molecular formula is C15H12ClN3O3. The lowest BCUT2D eigenvalue weighted by molar-refractivity contribution is -0.385. The van der Waals surface area contributed by atoms with E-state index in [1.54, 1.807) is 37.3 Å². The van der Waals surface area contributed by atoms with Crippen LogP contribution in [-0.4, -0.2) is 15.8 Å². The molecule has 0 atom stereocenters. The van der Waals surface area contributed by atoms with Gasteiger partial charge >= 0.3 is 0 Å². The lowest BCUT2D eigenvalue weighted by Gasteiger charge is -2.02. The number of pyridine rings is 1. The lowest BCUT2D eigenvalue weighted by atomic mass is 10.2. The minimum Gasteiger partial charge on any atom is -0.307 e. The molecule has 0 saturated heterocycles. The third kappa shape index (κ3) is 4.13. The second kappa shape index (κ2) is 6.82. The van der Waals surface area contributed by atoms with Crippen molar-refractivity contribution < 1.29 is 9.72 Å². The average Bonchev–Trinajstić information content (AvgIpc) is 2.46. The zero-order chi connectivity index (χ0) is 16.1. The molecule has 1 heterocycles. The number of nitro groups is 1. The Kier molecular flexibility index (Phi) is 4.85. The van der Waals surface area contributed by atoms with Gasteiger partial charge < -0.3 is 5.32 Å². The van der Waals surface area contributed by atoms with Crippen molar-refractivity contribution in [3.63, 3.8) is 0 Å². The molecule has 0 fully saturated rings. The van der Waals surface area contributed by atoms with Gasteiger partial charge in [-0.25, -0.2) is 4.98 Å². The van der Waals surface area contributed by atoms with Crippen molar-refractivity contribution in [2.75, 3.05) is 5.32 Å². The fraction of sp³-hybridized carbons (Fsp3) is 0.0667. The predicted molar refractivity (Wildman–Crippen MR) is 84.7 cm³/mol. The van der Waals surface area contributed by atoms with Crippen molar-refractivity contribution >= 4 is 35.1 Å². The fourth-order valence-corrected chi connectivity index (χ4v) is 1.85. The molecule has 1 N–H and O–H groups in total. The van der Waals surface area contributed by atoms with Crippen LogP contribution in [0.3, 0.4) is 0 Å². The highest BCUT2D eigenvalue weighted by Gasteiger charge is 2.11. The van der Waals surface area contributed by atoms with Gasteiger partial charge in [0, 0.05) is 16.7 Å². The Bertz CT molecular complexity index is 742. The number of halogens is 1. The Morgan fingerprint density at radius 3 is 2.64 bits per heavy atom. The van der Waals surface area contributed by atoms with Gasteiger partial charge in [-0.05, 0) is 36.8 Å². The number of carbonyl (C=O) groups excluding carboxylic acids is 1. The Hall–Kier alpha value is -2.73. The Morgan fingerprint density at radius 1 is 1.36 bits per heavy atom. The normalized spacial score (nSPS) is 10.6. The molecule has 0 aliphatic heterocycles. The van der Waals surface area contributed by atoms with Crippen LogP contribution in [-0.2, 0) is 4.79 Å². The van der Waals surface area contributed by atoms with Crippen molar-refractivity contribution in [3.8, 4) is 0 Å². The summed E-state index contributed by atoms with van der Waals surface area (Å²) in [6.45, 7) is 1.58. The van der Waals surface area contributed by atoms with E-state index >= 15 is 0 Å². The third-order valence-corrected chi connectivity index (χ3v) is 3.08. The van der Waals surface area contributed by atoms with Gasteiger partial charge in [-0.1, -0.05) is 23.7 Å². The standard InChI is InChI=1S/C15H12ClN3O3/c1-10-8-14(17-9-13(10)19(21)22)18-15(20)7-4-11-2-5-12(16)6-3-11/h2-9H,1H3,(H,17,18,20)/b7-4+. The Morgan fingerprint density at radius 2 is 2.05 bits per heavy atom. The minimum absolute atomic E-state index is 0.0882.